The van der Waals surface area contributed by atoms with Crippen molar-refractivity contribution in [2.24, 2.45) is 5.92 Å². The first-order valence-corrected chi connectivity index (χ1v) is 9.82. The zero-order chi connectivity index (χ0) is 21.2. The van der Waals surface area contributed by atoms with Crippen LogP contribution in [0.4, 0.5) is 0 Å². The van der Waals surface area contributed by atoms with Gasteiger partial charge in [0.1, 0.15) is 12.6 Å². The van der Waals surface area contributed by atoms with Crippen molar-refractivity contribution in [3.05, 3.63) is 59.7 Å². The van der Waals surface area contributed by atoms with Crippen LogP contribution < -0.4 is 20.1 Å². The largest absolute Gasteiger partial charge is 0.493 e. The molecule has 0 radical (unpaired) electrons. The smallest absolute Gasteiger partial charge is 0.252 e. The number of hydrogen-bond acceptors (Lipinski definition) is 4. The minimum atomic E-state index is -0.603. The van der Waals surface area contributed by atoms with E-state index in [2.05, 4.69) is 10.6 Å². The lowest BCUT2D eigenvalue weighted by atomic mass is 10.0. The lowest BCUT2D eigenvalue weighted by Gasteiger charge is -2.21. The van der Waals surface area contributed by atoms with E-state index in [9.17, 15) is 9.59 Å². The zero-order valence-electron chi connectivity index (χ0n) is 17.5. The molecule has 2 aromatic carbocycles. The summed E-state index contributed by atoms with van der Waals surface area (Å²) in [6, 6.07) is 14.1. The maximum Gasteiger partial charge on any atom is 0.252 e. The van der Waals surface area contributed by atoms with Crippen molar-refractivity contribution in [3.8, 4) is 11.5 Å². The van der Waals surface area contributed by atoms with Crippen LogP contribution in [0.1, 0.15) is 36.2 Å². The van der Waals surface area contributed by atoms with Crippen LogP contribution in [0, 0.1) is 12.8 Å². The van der Waals surface area contributed by atoms with Crippen LogP contribution in [0.15, 0.2) is 48.5 Å². The molecular formula is C23H30N2O4. The van der Waals surface area contributed by atoms with Gasteiger partial charge in [0, 0.05) is 5.56 Å². The second-order valence-corrected chi connectivity index (χ2v) is 7.26. The van der Waals surface area contributed by atoms with Crippen molar-refractivity contribution in [2.75, 3.05) is 20.3 Å². The third kappa shape index (κ3) is 6.82. The number of amides is 2. The molecule has 0 fully saturated rings. The van der Waals surface area contributed by atoms with E-state index >= 15 is 0 Å². The summed E-state index contributed by atoms with van der Waals surface area (Å²) in [7, 11) is 1.58. The van der Waals surface area contributed by atoms with Gasteiger partial charge in [-0.2, -0.15) is 0 Å². The SMILES string of the molecule is COc1ccccc1OCCNC(=O)C(CC(C)C)NC(=O)c1ccccc1C. The van der Waals surface area contributed by atoms with Gasteiger partial charge in [-0.3, -0.25) is 9.59 Å². The minimum absolute atomic E-state index is 0.218. The summed E-state index contributed by atoms with van der Waals surface area (Å²) >= 11 is 0. The molecule has 29 heavy (non-hydrogen) atoms. The molecule has 0 aliphatic rings. The Morgan fingerprint density at radius 1 is 1.00 bits per heavy atom. The van der Waals surface area contributed by atoms with Crippen molar-refractivity contribution >= 4 is 11.8 Å². The number of nitrogens with one attached hydrogen (secondary N) is 2. The van der Waals surface area contributed by atoms with Crippen LogP contribution in [0.25, 0.3) is 0 Å². The molecular weight excluding hydrogens is 368 g/mol. The summed E-state index contributed by atoms with van der Waals surface area (Å²) in [6.45, 7) is 6.54. The Bertz CT molecular complexity index is 820. The molecule has 2 N–H and O–H groups in total. The van der Waals surface area contributed by atoms with Gasteiger partial charge in [-0.1, -0.05) is 44.2 Å². The molecule has 0 saturated heterocycles. The molecule has 2 rings (SSSR count). The van der Waals surface area contributed by atoms with Gasteiger partial charge >= 0.3 is 0 Å². The van der Waals surface area contributed by atoms with Crippen molar-refractivity contribution in [1.82, 2.24) is 10.6 Å². The molecule has 0 spiro atoms. The average molecular weight is 399 g/mol. The normalized spacial score (nSPS) is 11.6. The Hall–Kier alpha value is -3.02. The molecule has 0 aliphatic heterocycles. The molecule has 0 aromatic heterocycles. The van der Waals surface area contributed by atoms with E-state index in [0.717, 1.165) is 5.56 Å². The molecule has 1 unspecified atom stereocenters. The third-order valence-electron chi connectivity index (χ3n) is 4.45. The molecule has 0 aliphatic carbocycles. The highest BCUT2D eigenvalue weighted by Crippen LogP contribution is 2.25. The maximum atomic E-state index is 12.7. The highest BCUT2D eigenvalue weighted by molar-refractivity contribution is 5.98. The van der Waals surface area contributed by atoms with E-state index in [4.69, 9.17) is 9.47 Å². The average Bonchev–Trinajstić information content (AvgIpc) is 2.70. The first-order valence-electron chi connectivity index (χ1n) is 9.82. The van der Waals surface area contributed by atoms with Crippen molar-refractivity contribution in [2.45, 2.75) is 33.2 Å². The number of carbonyl (C=O) groups excluding carboxylic acids is 2. The van der Waals surface area contributed by atoms with Gasteiger partial charge in [-0.25, -0.2) is 0 Å². The third-order valence-corrected chi connectivity index (χ3v) is 4.45. The first-order chi connectivity index (χ1) is 13.9. The summed E-state index contributed by atoms with van der Waals surface area (Å²) < 4.78 is 10.9. The second-order valence-electron chi connectivity index (χ2n) is 7.26. The minimum Gasteiger partial charge on any atom is -0.493 e. The molecule has 156 valence electrons. The van der Waals surface area contributed by atoms with E-state index in [0.29, 0.717) is 36.6 Å². The van der Waals surface area contributed by atoms with Gasteiger partial charge in [0.2, 0.25) is 5.91 Å². The van der Waals surface area contributed by atoms with E-state index in [1.165, 1.54) is 0 Å². The fraction of sp³-hybridized carbons (Fsp3) is 0.391. The number of rotatable bonds is 10. The Balaban J connectivity index is 1.91. The van der Waals surface area contributed by atoms with Crippen molar-refractivity contribution in [1.29, 1.82) is 0 Å². The molecule has 1 atom stereocenters. The van der Waals surface area contributed by atoms with Crippen LogP contribution in [-0.4, -0.2) is 38.1 Å². The van der Waals surface area contributed by atoms with Crippen LogP contribution in [-0.2, 0) is 4.79 Å². The van der Waals surface area contributed by atoms with Crippen molar-refractivity contribution < 1.29 is 19.1 Å². The van der Waals surface area contributed by atoms with E-state index < -0.39 is 6.04 Å². The Kier molecular flexibility index (Phi) is 8.52. The summed E-state index contributed by atoms with van der Waals surface area (Å²) in [4.78, 5) is 25.3. The second kappa shape index (κ2) is 11.1. The van der Waals surface area contributed by atoms with E-state index in [1.54, 1.807) is 13.2 Å². The summed E-state index contributed by atoms with van der Waals surface area (Å²) in [5.41, 5.74) is 1.45. The van der Waals surface area contributed by atoms with Crippen molar-refractivity contribution in [3.63, 3.8) is 0 Å². The summed E-state index contributed by atoms with van der Waals surface area (Å²) in [5.74, 6) is 1.06. The number of para-hydroxylation sites is 2. The Labute approximate surface area is 172 Å². The zero-order valence-corrected chi connectivity index (χ0v) is 17.5. The number of methoxy groups -OCH3 is 1. The highest BCUT2D eigenvalue weighted by Gasteiger charge is 2.22. The fourth-order valence-corrected chi connectivity index (χ4v) is 2.96. The number of hydrogen-bond donors (Lipinski definition) is 2. The number of benzene rings is 2. The Morgan fingerprint density at radius 3 is 2.31 bits per heavy atom. The monoisotopic (exact) mass is 398 g/mol. The highest BCUT2D eigenvalue weighted by atomic mass is 16.5. The van der Waals surface area contributed by atoms with Crippen LogP contribution in [0.5, 0.6) is 11.5 Å². The molecule has 6 nitrogen and oxygen atoms in total. The number of aryl methyl sites for hydroxylation is 1. The van der Waals surface area contributed by atoms with E-state index in [-0.39, 0.29) is 17.7 Å². The van der Waals surface area contributed by atoms with Crippen LogP contribution in [0.3, 0.4) is 0 Å². The van der Waals surface area contributed by atoms with Gasteiger partial charge in [-0.15, -0.1) is 0 Å². The lowest BCUT2D eigenvalue weighted by molar-refractivity contribution is -0.123. The molecule has 0 heterocycles. The molecule has 2 amide bonds. The number of carbonyl (C=O) groups is 2. The maximum absolute atomic E-state index is 12.7. The first kappa shape index (κ1) is 22.3. The van der Waals surface area contributed by atoms with Crippen LogP contribution >= 0.6 is 0 Å². The van der Waals surface area contributed by atoms with Crippen LogP contribution in [0.2, 0.25) is 0 Å². The molecule has 6 heteroatoms. The van der Waals surface area contributed by atoms with Gasteiger partial charge < -0.3 is 20.1 Å². The van der Waals surface area contributed by atoms with Gasteiger partial charge in [0.05, 0.1) is 13.7 Å². The molecule has 0 bridgehead atoms. The quantitative estimate of drug-likeness (QED) is 0.602. The van der Waals surface area contributed by atoms with Gasteiger partial charge in [0.25, 0.3) is 5.91 Å². The standard InChI is InChI=1S/C23H30N2O4/c1-16(2)15-19(25-22(26)18-10-6-5-9-17(18)3)23(27)24-13-14-29-21-12-8-7-11-20(21)28-4/h5-12,16,19H,13-15H2,1-4H3,(H,24,27)(H,25,26). The molecule has 2 aromatic rings. The van der Waals surface area contributed by atoms with Gasteiger partial charge in [-0.05, 0) is 43.0 Å². The summed E-state index contributed by atoms with van der Waals surface area (Å²) in [6.07, 6.45) is 0.552. The summed E-state index contributed by atoms with van der Waals surface area (Å²) in [5, 5.41) is 5.72. The topological polar surface area (TPSA) is 76.7 Å². The lowest BCUT2D eigenvalue weighted by Crippen LogP contribution is -2.48. The predicted octanol–water partition coefficient (Wildman–Crippen LogP) is 3.34. The molecule has 0 saturated carbocycles. The number of ether oxygens (including phenoxy) is 2. The Morgan fingerprint density at radius 2 is 1.66 bits per heavy atom. The van der Waals surface area contributed by atoms with E-state index in [1.807, 2.05) is 63.2 Å². The fourth-order valence-electron chi connectivity index (χ4n) is 2.96. The van der Waals surface area contributed by atoms with Gasteiger partial charge in [0.15, 0.2) is 11.5 Å². The predicted molar refractivity (Wildman–Crippen MR) is 113 cm³/mol.